The Bertz CT molecular complexity index is 468. The molecule has 1 aliphatic carbocycles. The lowest BCUT2D eigenvalue weighted by atomic mass is 9.97. The molecule has 0 bridgehead atoms. The van der Waals surface area contributed by atoms with E-state index in [1.807, 2.05) is 6.07 Å². The largest absolute Gasteiger partial charge is 0.355 e. The molecule has 120 valence electrons. The van der Waals surface area contributed by atoms with E-state index in [9.17, 15) is 4.79 Å². The Hall–Kier alpha value is -1.61. The lowest BCUT2D eigenvalue weighted by Gasteiger charge is -2.13. The van der Waals surface area contributed by atoms with Crippen LogP contribution >= 0.6 is 0 Å². The summed E-state index contributed by atoms with van der Waals surface area (Å²) in [7, 11) is 0. The Labute approximate surface area is 134 Å². The molecule has 3 heteroatoms. The number of benzene rings is 1. The molecule has 0 spiro atoms. The van der Waals surface area contributed by atoms with Crippen molar-refractivity contribution >= 4 is 5.91 Å². The number of aryl methyl sites for hydroxylation is 1. The van der Waals surface area contributed by atoms with Crippen molar-refractivity contribution in [1.82, 2.24) is 10.6 Å². The van der Waals surface area contributed by atoms with Gasteiger partial charge in [0.05, 0.1) is 6.54 Å². The molecule has 1 aromatic rings. The molecule has 2 N–H and O–H groups in total. The third kappa shape index (κ3) is 6.90. The maximum absolute atomic E-state index is 11.7. The highest BCUT2D eigenvalue weighted by molar-refractivity contribution is 5.77. The maximum atomic E-state index is 11.7. The number of hydrogen-bond donors (Lipinski definition) is 2. The van der Waals surface area contributed by atoms with Crippen LogP contribution in [-0.4, -0.2) is 25.5 Å². The molecule has 0 aliphatic heterocycles. The number of carbonyl (C=O) groups is 1. The molecule has 3 nitrogen and oxygen atoms in total. The van der Waals surface area contributed by atoms with E-state index in [1.54, 1.807) is 0 Å². The fraction of sp³-hybridized carbons (Fsp3) is 0.526. The van der Waals surface area contributed by atoms with Gasteiger partial charge in [0.15, 0.2) is 0 Å². The van der Waals surface area contributed by atoms with Gasteiger partial charge in [-0.15, -0.1) is 0 Å². The number of amides is 1. The van der Waals surface area contributed by atoms with Crippen molar-refractivity contribution in [2.45, 2.75) is 44.9 Å². The van der Waals surface area contributed by atoms with Crippen molar-refractivity contribution in [3.05, 3.63) is 47.5 Å². The smallest absolute Gasteiger partial charge is 0.233 e. The van der Waals surface area contributed by atoms with Crippen LogP contribution in [0.1, 0.15) is 44.1 Å². The Morgan fingerprint density at radius 1 is 1.05 bits per heavy atom. The molecule has 0 saturated carbocycles. The molecule has 1 aromatic carbocycles. The van der Waals surface area contributed by atoms with Gasteiger partial charge in [0.2, 0.25) is 5.91 Å². The summed E-state index contributed by atoms with van der Waals surface area (Å²) in [6, 6.07) is 10.5. The number of rotatable bonds is 9. The fourth-order valence-electron chi connectivity index (χ4n) is 2.82. The Morgan fingerprint density at radius 3 is 2.68 bits per heavy atom. The molecule has 0 unspecified atom stereocenters. The quantitative estimate of drug-likeness (QED) is 0.543. The van der Waals surface area contributed by atoms with E-state index in [-0.39, 0.29) is 5.91 Å². The van der Waals surface area contributed by atoms with Crippen LogP contribution in [0.3, 0.4) is 0 Å². The zero-order chi connectivity index (χ0) is 15.5. The lowest BCUT2D eigenvalue weighted by Crippen LogP contribution is -2.35. The summed E-state index contributed by atoms with van der Waals surface area (Å²) in [6.45, 7) is 2.08. The van der Waals surface area contributed by atoms with Crippen LogP contribution in [0, 0.1) is 0 Å². The highest BCUT2D eigenvalue weighted by Gasteiger charge is 2.04. The minimum absolute atomic E-state index is 0.108. The number of hydrogen-bond acceptors (Lipinski definition) is 2. The SMILES string of the molecule is O=C(CNCCCc1ccccc1)NCCC1=CCCCC1. The van der Waals surface area contributed by atoms with Gasteiger partial charge in [0.1, 0.15) is 0 Å². The van der Waals surface area contributed by atoms with Gasteiger partial charge in [0, 0.05) is 6.54 Å². The molecule has 0 fully saturated rings. The molecule has 0 atom stereocenters. The van der Waals surface area contributed by atoms with Crippen molar-refractivity contribution in [2.24, 2.45) is 0 Å². The second-order valence-corrected chi connectivity index (χ2v) is 5.97. The first-order chi connectivity index (χ1) is 10.8. The van der Waals surface area contributed by atoms with Gasteiger partial charge in [-0.1, -0.05) is 42.0 Å². The van der Waals surface area contributed by atoms with Crippen molar-refractivity contribution in [1.29, 1.82) is 0 Å². The number of nitrogens with one attached hydrogen (secondary N) is 2. The van der Waals surface area contributed by atoms with E-state index in [4.69, 9.17) is 0 Å². The minimum Gasteiger partial charge on any atom is -0.355 e. The number of allylic oxidation sites excluding steroid dienone is 1. The summed E-state index contributed by atoms with van der Waals surface area (Å²) < 4.78 is 0. The molecule has 0 heterocycles. The zero-order valence-corrected chi connectivity index (χ0v) is 13.4. The van der Waals surface area contributed by atoms with Gasteiger partial charge >= 0.3 is 0 Å². The Morgan fingerprint density at radius 2 is 1.91 bits per heavy atom. The maximum Gasteiger partial charge on any atom is 0.233 e. The van der Waals surface area contributed by atoms with E-state index in [1.165, 1.54) is 36.8 Å². The first kappa shape index (κ1) is 16.8. The summed E-state index contributed by atoms with van der Waals surface area (Å²) in [5, 5.41) is 6.21. The molecule has 2 rings (SSSR count). The second kappa shape index (κ2) is 10.2. The van der Waals surface area contributed by atoms with E-state index < -0.39 is 0 Å². The molecule has 1 aliphatic rings. The van der Waals surface area contributed by atoms with Crippen LogP contribution in [0.15, 0.2) is 42.0 Å². The first-order valence-electron chi connectivity index (χ1n) is 8.54. The summed E-state index contributed by atoms with van der Waals surface area (Å²) in [5.41, 5.74) is 2.87. The highest BCUT2D eigenvalue weighted by atomic mass is 16.1. The standard InChI is InChI=1S/C19H28N2O/c22-19(21-15-13-18-10-5-2-6-11-18)16-20-14-7-12-17-8-3-1-4-9-17/h1,3-4,8-10,20H,2,5-7,11-16H2,(H,21,22). The Kier molecular flexibility index (Phi) is 7.75. The highest BCUT2D eigenvalue weighted by Crippen LogP contribution is 2.19. The lowest BCUT2D eigenvalue weighted by molar-refractivity contribution is -0.120. The van der Waals surface area contributed by atoms with Crippen molar-refractivity contribution < 1.29 is 4.79 Å². The predicted octanol–water partition coefficient (Wildman–Crippen LogP) is 3.22. The van der Waals surface area contributed by atoms with Gasteiger partial charge in [0.25, 0.3) is 0 Å². The van der Waals surface area contributed by atoms with Gasteiger partial charge in [-0.3, -0.25) is 4.79 Å². The van der Waals surface area contributed by atoms with Gasteiger partial charge < -0.3 is 10.6 Å². The van der Waals surface area contributed by atoms with Gasteiger partial charge in [-0.05, 0) is 57.1 Å². The normalized spacial score (nSPS) is 14.5. The minimum atomic E-state index is 0.108. The Balaban J connectivity index is 1.46. The van der Waals surface area contributed by atoms with Gasteiger partial charge in [-0.25, -0.2) is 0 Å². The van der Waals surface area contributed by atoms with E-state index in [2.05, 4.69) is 41.0 Å². The average molecular weight is 300 g/mol. The summed E-state index contributed by atoms with van der Waals surface area (Å²) in [6.07, 6.45) is 10.5. The van der Waals surface area contributed by atoms with Crippen LogP contribution in [0.4, 0.5) is 0 Å². The summed E-state index contributed by atoms with van der Waals surface area (Å²) >= 11 is 0. The molecule has 0 aromatic heterocycles. The third-order valence-electron chi connectivity index (χ3n) is 4.10. The van der Waals surface area contributed by atoms with E-state index in [0.29, 0.717) is 6.54 Å². The van der Waals surface area contributed by atoms with Crippen molar-refractivity contribution in [3.8, 4) is 0 Å². The molecule has 0 saturated heterocycles. The molecular formula is C19H28N2O. The van der Waals surface area contributed by atoms with Crippen LogP contribution < -0.4 is 10.6 Å². The van der Waals surface area contributed by atoms with Gasteiger partial charge in [-0.2, -0.15) is 0 Å². The summed E-state index contributed by atoms with van der Waals surface area (Å²) in [5.74, 6) is 0.108. The van der Waals surface area contributed by atoms with Crippen LogP contribution in [0.25, 0.3) is 0 Å². The predicted molar refractivity (Wildman–Crippen MR) is 91.8 cm³/mol. The zero-order valence-electron chi connectivity index (χ0n) is 13.4. The first-order valence-corrected chi connectivity index (χ1v) is 8.54. The van der Waals surface area contributed by atoms with Crippen molar-refractivity contribution in [3.63, 3.8) is 0 Å². The second-order valence-electron chi connectivity index (χ2n) is 5.97. The fourth-order valence-corrected chi connectivity index (χ4v) is 2.82. The topological polar surface area (TPSA) is 41.1 Å². The van der Waals surface area contributed by atoms with E-state index in [0.717, 1.165) is 32.4 Å². The molecule has 0 radical (unpaired) electrons. The van der Waals surface area contributed by atoms with Crippen molar-refractivity contribution in [2.75, 3.05) is 19.6 Å². The van der Waals surface area contributed by atoms with Crippen LogP contribution in [0.2, 0.25) is 0 Å². The van der Waals surface area contributed by atoms with E-state index >= 15 is 0 Å². The molecule has 1 amide bonds. The average Bonchev–Trinajstić information content (AvgIpc) is 2.56. The summed E-state index contributed by atoms with van der Waals surface area (Å²) in [4.78, 5) is 11.7. The van der Waals surface area contributed by atoms with Crippen LogP contribution in [-0.2, 0) is 11.2 Å². The molecular weight excluding hydrogens is 272 g/mol. The third-order valence-corrected chi connectivity index (χ3v) is 4.10. The monoisotopic (exact) mass is 300 g/mol. The molecule has 22 heavy (non-hydrogen) atoms. The number of carbonyl (C=O) groups excluding carboxylic acids is 1. The van der Waals surface area contributed by atoms with Crippen LogP contribution in [0.5, 0.6) is 0 Å².